The molecule has 1 heterocycles. The quantitative estimate of drug-likeness (QED) is 0.807. The van der Waals surface area contributed by atoms with Crippen molar-refractivity contribution in [3.63, 3.8) is 0 Å². The Hall–Kier alpha value is -1.42. The van der Waals surface area contributed by atoms with Crippen LogP contribution in [0.3, 0.4) is 0 Å². The summed E-state index contributed by atoms with van der Waals surface area (Å²) in [5.74, 6) is 0.818. The molecule has 2 atom stereocenters. The minimum absolute atomic E-state index is 0.161. The number of likely N-dealkylation sites (tertiary alicyclic amines) is 1. The number of piperidine rings is 1. The summed E-state index contributed by atoms with van der Waals surface area (Å²) in [6, 6.07) is 7.87. The molecule has 2 aliphatic carbocycles. The van der Waals surface area contributed by atoms with Crippen LogP contribution in [0.1, 0.15) is 56.9 Å². The number of carbonyl (C=O) groups excluding carboxylic acids is 1. The lowest BCUT2D eigenvalue weighted by Gasteiger charge is -2.44. The topological polar surface area (TPSA) is 23.6 Å². The zero-order valence-corrected chi connectivity index (χ0v) is 15.0. The average Bonchev–Trinajstić information content (AvgIpc) is 3.47. The lowest BCUT2D eigenvalue weighted by molar-refractivity contribution is -0.139. The van der Waals surface area contributed by atoms with Crippen LogP contribution in [0.25, 0.3) is 0 Å². The Kier molecular flexibility index (Phi) is 5.07. The molecule has 1 aromatic carbocycles. The van der Waals surface area contributed by atoms with Gasteiger partial charge in [0.25, 0.3) is 0 Å². The molecule has 0 bridgehead atoms. The van der Waals surface area contributed by atoms with E-state index in [0.717, 1.165) is 25.8 Å². The number of rotatable bonds is 5. The zero-order chi connectivity index (χ0) is 17.2. The molecule has 3 fully saturated rings. The number of fused-ring (bicyclic) bond motifs is 1. The minimum Gasteiger partial charge on any atom is -0.338 e. The van der Waals surface area contributed by atoms with E-state index in [2.05, 4.69) is 9.80 Å². The number of nitrogens with zero attached hydrogens (tertiary/aromatic N) is 2. The van der Waals surface area contributed by atoms with E-state index in [1.165, 1.54) is 38.2 Å². The standard InChI is InChI=1S/C21H29FN2O/c22-19-9-3-1-7-17(19)14-23(18-11-12-18)15-21(25)24-13-5-8-16-6-2-4-10-20(16)24/h1,3,7,9,16,18,20H,2,4-6,8,10-15H2. The van der Waals surface area contributed by atoms with Crippen LogP contribution in [0, 0.1) is 11.7 Å². The van der Waals surface area contributed by atoms with E-state index in [-0.39, 0.29) is 11.7 Å². The van der Waals surface area contributed by atoms with Crippen molar-refractivity contribution >= 4 is 5.91 Å². The summed E-state index contributed by atoms with van der Waals surface area (Å²) < 4.78 is 14.0. The average molecular weight is 344 g/mol. The fourth-order valence-electron chi connectivity index (χ4n) is 4.80. The summed E-state index contributed by atoms with van der Waals surface area (Å²) in [5, 5.41) is 0. The first-order valence-electron chi connectivity index (χ1n) is 9.99. The molecule has 1 aromatic rings. The number of carbonyl (C=O) groups is 1. The van der Waals surface area contributed by atoms with Crippen LogP contribution in [0.2, 0.25) is 0 Å². The second-order valence-corrected chi connectivity index (χ2v) is 8.07. The summed E-state index contributed by atoms with van der Waals surface area (Å²) in [4.78, 5) is 17.4. The predicted octanol–water partition coefficient (Wildman–Crippen LogP) is 3.97. The molecule has 3 nitrogen and oxygen atoms in total. The van der Waals surface area contributed by atoms with Crippen molar-refractivity contribution in [3.05, 3.63) is 35.6 Å². The van der Waals surface area contributed by atoms with Gasteiger partial charge in [-0.15, -0.1) is 0 Å². The van der Waals surface area contributed by atoms with Crippen molar-refractivity contribution in [2.75, 3.05) is 13.1 Å². The Morgan fingerprint density at radius 3 is 2.64 bits per heavy atom. The number of amides is 1. The second kappa shape index (κ2) is 7.45. The Labute approximate surface area is 150 Å². The molecule has 4 heteroatoms. The monoisotopic (exact) mass is 344 g/mol. The number of halogens is 1. The Morgan fingerprint density at radius 2 is 1.84 bits per heavy atom. The van der Waals surface area contributed by atoms with Gasteiger partial charge in [0.2, 0.25) is 5.91 Å². The SMILES string of the molecule is O=C(CN(Cc1ccccc1F)C1CC1)N1CCCC2CCCCC21. The third-order valence-corrected chi connectivity index (χ3v) is 6.30. The second-order valence-electron chi connectivity index (χ2n) is 8.07. The molecule has 4 rings (SSSR count). The molecular weight excluding hydrogens is 315 g/mol. The zero-order valence-electron chi connectivity index (χ0n) is 15.0. The molecule has 0 radical (unpaired) electrons. The highest BCUT2D eigenvalue weighted by atomic mass is 19.1. The molecule has 1 aliphatic heterocycles. The first-order chi connectivity index (χ1) is 12.2. The van der Waals surface area contributed by atoms with Crippen molar-refractivity contribution in [1.29, 1.82) is 0 Å². The molecule has 136 valence electrons. The van der Waals surface area contributed by atoms with Gasteiger partial charge < -0.3 is 4.90 Å². The van der Waals surface area contributed by atoms with Crippen LogP contribution in [-0.2, 0) is 11.3 Å². The van der Waals surface area contributed by atoms with Crippen molar-refractivity contribution < 1.29 is 9.18 Å². The van der Waals surface area contributed by atoms with E-state index in [9.17, 15) is 9.18 Å². The highest BCUT2D eigenvalue weighted by Crippen LogP contribution is 2.36. The maximum atomic E-state index is 14.0. The van der Waals surface area contributed by atoms with E-state index in [1.807, 2.05) is 12.1 Å². The summed E-state index contributed by atoms with van der Waals surface area (Å²) in [6.45, 7) is 1.91. The van der Waals surface area contributed by atoms with Gasteiger partial charge in [0.15, 0.2) is 0 Å². The van der Waals surface area contributed by atoms with Crippen molar-refractivity contribution in [2.24, 2.45) is 5.92 Å². The van der Waals surface area contributed by atoms with Crippen molar-refractivity contribution in [2.45, 2.75) is 70.0 Å². The van der Waals surface area contributed by atoms with E-state index < -0.39 is 0 Å². The Bertz CT molecular complexity index is 614. The van der Waals surface area contributed by atoms with Gasteiger partial charge >= 0.3 is 0 Å². The van der Waals surface area contributed by atoms with E-state index in [1.54, 1.807) is 6.07 Å². The third-order valence-electron chi connectivity index (χ3n) is 6.30. The molecule has 1 amide bonds. The van der Waals surface area contributed by atoms with E-state index in [4.69, 9.17) is 0 Å². The molecule has 0 spiro atoms. The predicted molar refractivity (Wildman–Crippen MR) is 96.5 cm³/mol. The van der Waals surface area contributed by atoms with Gasteiger partial charge in [-0.25, -0.2) is 4.39 Å². The molecule has 2 unspecified atom stereocenters. The third kappa shape index (κ3) is 3.89. The fourth-order valence-corrected chi connectivity index (χ4v) is 4.80. The summed E-state index contributed by atoms with van der Waals surface area (Å²) in [5.41, 5.74) is 0.705. The molecule has 0 N–H and O–H groups in total. The molecule has 1 saturated heterocycles. The van der Waals surface area contributed by atoms with Gasteiger partial charge in [0, 0.05) is 30.7 Å². The lowest BCUT2D eigenvalue weighted by atomic mass is 9.78. The van der Waals surface area contributed by atoms with E-state index in [0.29, 0.717) is 36.7 Å². The van der Waals surface area contributed by atoms with Crippen LogP contribution >= 0.6 is 0 Å². The molecule has 3 aliphatic rings. The van der Waals surface area contributed by atoms with Crippen LogP contribution < -0.4 is 0 Å². The number of hydrogen-bond acceptors (Lipinski definition) is 2. The normalized spacial score (nSPS) is 26.6. The van der Waals surface area contributed by atoms with Crippen LogP contribution in [0.4, 0.5) is 4.39 Å². The maximum Gasteiger partial charge on any atom is 0.237 e. The number of hydrogen-bond donors (Lipinski definition) is 0. The summed E-state index contributed by atoms with van der Waals surface area (Å²) in [7, 11) is 0. The maximum absolute atomic E-state index is 14.0. The Morgan fingerprint density at radius 1 is 1.08 bits per heavy atom. The van der Waals surface area contributed by atoms with Gasteiger partial charge in [-0.1, -0.05) is 31.0 Å². The Balaban J connectivity index is 1.43. The molecule has 0 aromatic heterocycles. The van der Waals surface area contributed by atoms with Gasteiger partial charge in [0.05, 0.1) is 6.54 Å². The van der Waals surface area contributed by atoms with Crippen molar-refractivity contribution in [3.8, 4) is 0 Å². The van der Waals surface area contributed by atoms with Gasteiger partial charge in [0.1, 0.15) is 5.82 Å². The van der Waals surface area contributed by atoms with Crippen LogP contribution in [0.15, 0.2) is 24.3 Å². The largest absolute Gasteiger partial charge is 0.338 e. The summed E-state index contributed by atoms with van der Waals surface area (Å²) >= 11 is 0. The molecular formula is C21H29FN2O. The molecule has 2 saturated carbocycles. The highest BCUT2D eigenvalue weighted by Gasteiger charge is 2.37. The minimum atomic E-state index is -0.161. The highest BCUT2D eigenvalue weighted by molar-refractivity contribution is 5.79. The smallest absolute Gasteiger partial charge is 0.237 e. The van der Waals surface area contributed by atoms with Crippen molar-refractivity contribution in [1.82, 2.24) is 9.80 Å². The fraction of sp³-hybridized carbons (Fsp3) is 0.667. The molecule has 25 heavy (non-hydrogen) atoms. The summed E-state index contributed by atoms with van der Waals surface area (Å²) in [6.07, 6.45) is 9.74. The van der Waals surface area contributed by atoms with Crippen LogP contribution in [-0.4, -0.2) is 40.9 Å². The first kappa shape index (κ1) is 17.0. The van der Waals surface area contributed by atoms with Crippen LogP contribution in [0.5, 0.6) is 0 Å². The lowest BCUT2D eigenvalue weighted by Crippen LogP contribution is -2.52. The first-order valence-corrected chi connectivity index (χ1v) is 9.99. The van der Waals surface area contributed by atoms with E-state index >= 15 is 0 Å². The van der Waals surface area contributed by atoms with Gasteiger partial charge in [-0.05, 0) is 50.5 Å². The van der Waals surface area contributed by atoms with Gasteiger partial charge in [-0.3, -0.25) is 9.69 Å². The number of benzene rings is 1. The van der Waals surface area contributed by atoms with Gasteiger partial charge in [-0.2, -0.15) is 0 Å².